The molecule has 0 saturated heterocycles. The van der Waals surface area contributed by atoms with Crippen LogP contribution in [0.25, 0.3) is 0 Å². The van der Waals surface area contributed by atoms with Crippen LogP contribution >= 0.6 is 0 Å². The van der Waals surface area contributed by atoms with Crippen LogP contribution in [0, 0.1) is 0 Å². The van der Waals surface area contributed by atoms with E-state index in [2.05, 4.69) is 40.8 Å². The lowest BCUT2D eigenvalue weighted by Crippen LogP contribution is -2.31. The third-order valence-electron chi connectivity index (χ3n) is 3.28. The largest absolute Gasteiger partial charge is 0.468 e. The molecule has 1 N–H and O–H groups in total. The minimum atomic E-state index is 0.244. The Kier molecular flexibility index (Phi) is 4.76. The highest BCUT2D eigenvalue weighted by Gasteiger charge is 2.16. The van der Waals surface area contributed by atoms with Crippen molar-refractivity contribution in [3.8, 4) is 0 Å². The van der Waals surface area contributed by atoms with Crippen LogP contribution < -0.4 is 5.32 Å². The number of furan rings is 1. The van der Waals surface area contributed by atoms with Crippen LogP contribution in [0.15, 0.2) is 35.3 Å². The third kappa shape index (κ3) is 3.45. The molecule has 19 heavy (non-hydrogen) atoms. The van der Waals surface area contributed by atoms with Crippen molar-refractivity contribution in [2.24, 2.45) is 0 Å². The molecule has 2 aromatic heterocycles. The predicted molar refractivity (Wildman–Crippen MR) is 74.7 cm³/mol. The van der Waals surface area contributed by atoms with Gasteiger partial charge in [0.25, 0.3) is 0 Å². The first kappa shape index (κ1) is 13.8. The van der Waals surface area contributed by atoms with E-state index in [0.717, 1.165) is 25.4 Å². The number of aryl methyl sites for hydroxylation is 1. The molecule has 5 heteroatoms. The summed E-state index contributed by atoms with van der Waals surface area (Å²) < 4.78 is 7.63. The van der Waals surface area contributed by atoms with Crippen molar-refractivity contribution in [1.82, 2.24) is 19.8 Å². The van der Waals surface area contributed by atoms with Crippen LogP contribution in [0.5, 0.6) is 0 Å². The molecular formula is C14H22N4O. The Balaban J connectivity index is 1.90. The van der Waals surface area contributed by atoms with Gasteiger partial charge in [-0.25, -0.2) is 4.98 Å². The Labute approximate surface area is 114 Å². The molecule has 0 aliphatic carbocycles. The van der Waals surface area contributed by atoms with Crippen LogP contribution in [0.2, 0.25) is 0 Å². The summed E-state index contributed by atoms with van der Waals surface area (Å²) in [6.07, 6.45) is 5.50. The lowest BCUT2D eigenvalue weighted by atomic mass is 10.2. The van der Waals surface area contributed by atoms with Gasteiger partial charge >= 0.3 is 0 Å². The quantitative estimate of drug-likeness (QED) is 0.827. The Hall–Kier alpha value is -1.59. The summed E-state index contributed by atoms with van der Waals surface area (Å²) in [5, 5.41) is 3.47. The first-order chi connectivity index (χ1) is 9.22. The predicted octanol–water partition coefficient (Wildman–Crippen LogP) is 1.89. The number of imidazole rings is 1. The van der Waals surface area contributed by atoms with Gasteiger partial charge in [-0.1, -0.05) is 0 Å². The zero-order valence-electron chi connectivity index (χ0n) is 11.8. The average molecular weight is 262 g/mol. The number of nitrogens with one attached hydrogen (secondary N) is 1. The van der Waals surface area contributed by atoms with E-state index >= 15 is 0 Å². The molecule has 0 spiro atoms. The molecule has 2 aromatic rings. The van der Waals surface area contributed by atoms with Crippen molar-refractivity contribution in [3.63, 3.8) is 0 Å². The second-order valence-electron chi connectivity index (χ2n) is 4.80. The lowest BCUT2D eigenvalue weighted by molar-refractivity contribution is 0.249. The zero-order valence-corrected chi connectivity index (χ0v) is 11.8. The fraction of sp³-hybridized carbons (Fsp3) is 0.500. The van der Waals surface area contributed by atoms with Gasteiger partial charge in [0.15, 0.2) is 0 Å². The number of hydrogen-bond donors (Lipinski definition) is 1. The lowest BCUT2D eigenvalue weighted by Gasteiger charge is -2.22. The maximum atomic E-state index is 5.49. The van der Waals surface area contributed by atoms with Crippen molar-refractivity contribution in [3.05, 3.63) is 42.4 Å². The Bertz CT molecular complexity index is 475. The summed E-state index contributed by atoms with van der Waals surface area (Å²) in [7, 11) is 4.12. The topological polar surface area (TPSA) is 46.2 Å². The summed E-state index contributed by atoms with van der Waals surface area (Å²) in [4.78, 5) is 6.33. The van der Waals surface area contributed by atoms with Gasteiger partial charge in [0, 0.05) is 25.8 Å². The van der Waals surface area contributed by atoms with Gasteiger partial charge in [-0.2, -0.15) is 0 Å². The zero-order chi connectivity index (χ0) is 13.7. The van der Waals surface area contributed by atoms with Crippen molar-refractivity contribution < 1.29 is 4.42 Å². The van der Waals surface area contributed by atoms with E-state index in [1.807, 2.05) is 24.7 Å². The number of rotatable bonds is 7. The maximum Gasteiger partial charge on any atom is 0.122 e. The van der Waals surface area contributed by atoms with Gasteiger partial charge in [0.05, 0.1) is 24.3 Å². The molecule has 0 aromatic carbocycles. The fourth-order valence-corrected chi connectivity index (χ4v) is 2.14. The maximum absolute atomic E-state index is 5.49. The Morgan fingerprint density at radius 3 is 2.95 bits per heavy atom. The minimum absolute atomic E-state index is 0.244. The highest BCUT2D eigenvalue weighted by atomic mass is 16.3. The fourth-order valence-electron chi connectivity index (χ4n) is 2.14. The summed E-state index contributed by atoms with van der Waals surface area (Å²) in [5.41, 5.74) is 1.21. The average Bonchev–Trinajstić information content (AvgIpc) is 3.05. The van der Waals surface area contributed by atoms with Crippen molar-refractivity contribution >= 4 is 0 Å². The highest BCUT2D eigenvalue weighted by Crippen LogP contribution is 2.17. The van der Waals surface area contributed by atoms with Gasteiger partial charge in [-0.3, -0.25) is 4.90 Å². The van der Waals surface area contributed by atoms with Crippen molar-refractivity contribution in [1.29, 1.82) is 0 Å². The Morgan fingerprint density at radius 2 is 2.32 bits per heavy atom. The molecule has 0 saturated carbocycles. The van der Waals surface area contributed by atoms with E-state index < -0.39 is 0 Å². The normalized spacial score (nSPS) is 13.1. The number of aromatic nitrogens is 2. The molecule has 104 valence electrons. The number of nitrogens with zero attached hydrogens (tertiary/aromatic N) is 3. The monoisotopic (exact) mass is 262 g/mol. The molecule has 2 rings (SSSR count). The Morgan fingerprint density at radius 1 is 1.47 bits per heavy atom. The molecular weight excluding hydrogens is 240 g/mol. The second-order valence-corrected chi connectivity index (χ2v) is 4.80. The molecule has 0 fully saturated rings. The molecule has 5 nitrogen and oxygen atoms in total. The number of likely N-dealkylation sites (N-methyl/N-ethyl adjacent to an activating group) is 1. The second kappa shape index (κ2) is 6.54. The first-order valence-corrected chi connectivity index (χ1v) is 6.62. The van der Waals surface area contributed by atoms with Gasteiger partial charge in [-0.15, -0.1) is 0 Å². The van der Waals surface area contributed by atoms with Crippen LogP contribution in [0.4, 0.5) is 0 Å². The molecule has 1 unspecified atom stereocenters. The molecule has 0 aliphatic rings. The standard InChI is InChI=1S/C14H22N4O/c1-4-18-11-16-9-12(18)8-15-10-13(17(2)3)14-6-5-7-19-14/h5-7,9,11,13,15H,4,8,10H2,1-3H3. The first-order valence-electron chi connectivity index (χ1n) is 6.62. The summed E-state index contributed by atoms with van der Waals surface area (Å²) in [5.74, 6) is 0.987. The van der Waals surface area contributed by atoms with Crippen molar-refractivity contribution in [2.45, 2.75) is 26.1 Å². The summed E-state index contributed by atoms with van der Waals surface area (Å²) >= 11 is 0. The van der Waals surface area contributed by atoms with Crippen molar-refractivity contribution in [2.75, 3.05) is 20.6 Å². The van der Waals surface area contributed by atoms with E-state index in [0.29, 0.717) is 0 Å². The molecule has 2 heterocycles. The van der Waals surface area contributed by atoms with Gasteiger partial charge < -0.3 is 14.3 Å². The molecule has 0 radical (unpaired) electrons. The van der Waals surface area contributed by atoms with E-state index in [4.69, 9.17) is 4.42 Å². The van der Waals surface area contributed by atoms with E-state index in [9.17, 15) is 0 Å². The van der Waals surface area contributed by atoms with Crippen LogP contribution in [-0.4, -0.2) is 35.1 Å². The van der Waals surface area contributed by atoms with Crippen LogP contribution in [0.1, 0.15) is 24.4 Å². The third-order valence-corrected chi connectivity index (χ3v) is 3.28. The molecule has 0 bridgehead atoms. The van der Waals surface area contributed by atoms with E-state index in [1.165, 1.54) is 5.69 Å². The van der Waals surface area contributed by atoms with Gasteiger partial charge in [0.2, 0.25) is 0 Å². The number of hydrogen-bond acceptors (Lipinski definition) is 4. The van der Waals surface area contributed by atoms with E-state index in [1.54, 1.807) is 6.26 Å². The molecule has 1 atom stereocenters. The summed E-state index contributed by atoms with van der Waals surface area (Å²) in [6, 6.07) is 4.19. The molecule has 0 aliphatic heterocycles. The summed E-state index contributed by atoms with van der Waals surface area (Å²) in [6.45, 7) is 4.73. The van der Waals surface area contributed by atoms with Gasteiger partial charge in [0.1, 0.15) is 5.76 Å². The minimum Gasteiger partial charge on any atom is -0.468 e. The van der Waals surface area contributed by atoms with Crippen LogP contribution in [0.3, 0.4) is 0 Å². The highest BCUT2D eigenvalue weighted by molar-refractivity contribution is 5.05. The molecule has 0 amide bonds. The van der Waals surface area contributed by atoms with E-state index in [-0.39, 0.29) is 6.04 Å². The smallest absolute Gasteiger partial charge is 0.122 e. The van der Waals surface area contributed by atoms with Gasteiger partial charge in [-0.05, 0) is 33.2 Å². The SMILES string of the molecule is CCn1cncc1CNCC(c1ccco1)N(C)C. The van der Waals surface area contributed by atoms with Crippen LogP contribution in [-0.2, 0) is 13.1 Å².